The number of hydrogen-bond acceptors (Lipinski definition) is 3. The van der Waals surface area contributed by atoms with Crippen LogP contribution in [0, 0.1) is 13.8 Å². The number of hydrogen-bond donors (Lipinski definition) is 2. The maximum atomic E-state index is 12.4. The minimum atomic E-state index is -1.12. The molecule has 1 aliphatic rings. The van der Waals surface area contributed by atoms with Crippen molar-refractivity contribution in [3.8, 4) is 0 Å². The summed E-state index contributed by atoms with van der Waals surface area (Å²) in [7, 11) is 0. The van der Waals surface area contributed by atoms with Gasteiger partial charge in [-0.25, -0.2) is 4.79 Å². The third-order valence-corrected chi connectivity index (χ3v) is 3.48. The normalized spacial score (nSPS) is 18.6. The van der Waals surface area contributed by atoms with Gasteiger partial charge >= 0.3 is 5.97 Å². The second-order valence-corrected chi connectivity index (χ2v) is 4.89. The van der Waals surface area contributed by atoms with Crippen molar-refractivity contribution in [1.29, 1.82) is 0 Å². The van der Waals surface area contributed by atoms with Crippen molar-refractivity contribution < 1.29 is 19.5 Å². The summed E-state index contributed by atoms with van der Waals surface area (Å²) in [6.07, 6.45) is 0. The molecule has 0 aromatic heterocycles. The van der Waals surface area contributed by atoms with E-state index in [1.54, 1.807) is 12.1 Å². The van der Waals surface area contributed by atoms with E-state index in [0.717, 1.165) is 16.0 Å². The summed E-state index contributed by atoms with van der Waals surface area (Å²) in [4.78, 5) is 36.1. The molecule has 1 atom stereocenters. The summed E-state index contributed by atoms with van der Waals surface area (Å²) in [5.74, 6) is -1.91. The van der Waals surface area contributed by atoms with Crippen LogP contribution in [0.3, 0.4) is 0 Å². The molecule has 1 aromatic rings. The number of nitrogens with zero attached hydrogens (tertiary/aromatic N) is 1. The highest BCUT2D eigenvalue weighted by Gasteiger charge is 2.35. The largest absolute Gasteiger partial charge is 0.480 e. The number of aliphatic carboxylic acids is 1. The minimum absolute atomic E-state index is 0.0647. The lowest BCUT2D eigenvalue weighted by atomic mass is 10.0. The first-order valence-electron chi connectivity index (χ1n) is 6.28. The zero-order chi connectivity index (χ0) is 14.9. The molecule has 1 aliphatic heterocycles. The predicted molar refractivity (Wildman–Crippen MR) is 71.4 cm³/mol. The second kappa shape index (κ2) is 5.32. The first kappa shape index (κ1) is 14.0. The van der Waals surface area contributed by atoms with E-state index in [0.29, 0.717) is 5.56 Å². The molecule has 106 valence electrons. The van der Waals surface area contributed by atoms with E-state index in [1.807, 2.05) is 19.9 Å². The Labute approximate surface area is 116 Å². The van der Waals surface area contributed by atoms with Crippen LogP contribution in [0.5, 0.6) is 0 Å². The molecule has 6 nitrogen and oxygen atoms in total. The van der Waals surface area contributed by atoms with Gasteiger partial charge < -0.3 is 15.3 Å². The monoisotopic (exact) mass is 276 g/mol. The minimum Gasteiger partial charge on any atom is -0.480 e. The van der Waals surface area contributed by atoms with Crippen LogP contribution < -0.4 is 5.32 Å². The molecule has 2 N–H and O–H groups in total. The number of carboxylic acid groups (broad SMARTS) is 1. The molecule has 2 amide bonds. The molecule has 1 aromatic carbocycles. The van der Waals surface area contributed by atoms with Crippen LogP contribution in [0.1, 0.15) is 21.5 Å². The lowest BCUT2D eigenvalue weighted by Gasteiger charge is -2.32. The first-order chi connectivity index (χ1) is 9.40. The zero-order valence-corrected chi connectivity index (χ0v) is 11.3. The van der Waals surface area contributed by atoms with Gasteiger partial charge in [-0.3, -0.25) is 9.59 Å². The quantitative estimate of drug-likeness (QED) is 0.815. The highest BCUT2D eigenvalue weighted by atomic mass is 16.4. The number of carbonyl (C=O) groups excluding carboxylic acids is 2. The van der Waals surface area contributed by atoms with Gasteiger partial charge in [0, 0.05) is 12.1 Å². The number of carboxylic acids is 1. The van der Waals surface area contributed by atoms with Crippen molar-refractivity contribution in [1.82, 2.24) is 10.2 Å². The highest BCUT2D eigenvalue weighted by Crippen LogP contribution is 2.15. The molecule has 0 spiro atoms. The van der Waals surface area contributed by atoms with Crippen molar-refractivity contribution in [3.05, 3.63) is 34.9 Å². The van der Waals surface area contributed by atoms with Gasteiger partial charge in [0.2, 0.25) is 5.91 Å². The number of benzene rings is 1. The summed E-state index contributed by atoms with van der Waals surface area (Å²) >= 11 is 0. The standard InChI is InChI=1S/C14H16N2O4/c1-8-3-4-10(5-9(8)2)13(18)16-7-12(17)15-6-11(16)14(19)20/h3-5,11H,6-7H2,1-2H3,(H,15,17)(H,19,20). The number of rotatable bonds is 2. The fourth-order valence-electron chi connectivity index (χ4n) is 2.12. The molecule has 1 unspecified atom stereocenters. The molecule has 20 heavy (non-hydrogen) atoms. The van der Waals surface area contributed by atoms with Gasteiger partial charge in [0.25, 0.3) is 5.91 Å². The van der Waals surface area contributed by atoms with Gasteiger partial charge in [0.1, 0.15) is 12.6 Å². The van der Waals surface area contributed by atoms with E-state index >= 15 is 0 Å². The van der Waals surface area contributed by atoms with Gasteiger partial charge in [-0.2, -0.15) is 0 Å². The van der Waals surface area contributed by atoms with Crippen LogP contribution in [0.15, 0.2) is 18.2 Å². The summed E-state index contributed by atoms with van der Waals surface area (Å²) in [6, 6.07) is 4.14. The van der Waals surface area contributed by atoms with E-state index in [9.17, 15) is 14.4 Å². The van der Waals surface area contributed by atoms with Gasteiger partial charge in [-0.05, 0) is 37.1 Å². The smallest absolute Gasteiger partial charge is 0.328 e. The molecule has 0 saturated carbocycles. The molecule has 0 bridgehead atoms. The van der Waals surface area contributed by atoms with E-state index in [2.05, 4.69) is 5.32 Å². The lowest BCUT2D eigenvalue weighted by Crippen LogP contribution is -2.59. The van der Waals surface area contributed by atoms with Gasteiger partial charge in [0.05, 0.1) is 0 Å². The molecule has 6 heteroatoms. The van der Waals surface area contributed by atoms with E-state index < -0.39 is 17.9 Å². The lowest BCUT2D eigenvalue weighted by molar-refractivity contribution is -0.144. The molecule has 2 rings (SSSR count). The Morgan fingerprint density at radius 1 is 1.30 bits per heavy atom. The van der Waals surface area contributed by atoms with E-state index in [4.69, 9.17) is 5.11 Å². The van der Waals surface area contributed by atoms with E-state index in [-0.39, 0.29) is 19.0 Å². The fourth-order valence-corrected chi connectivity index (χ4v) is 2.12. The van der Waals surface area contributed by atoms with Gasteiger partial charge in [0.15, 0.2) is 0 Å². The number of nitrogens with one attached hydrogen (secondary N) is 1. The SMILES string of the molecule is Cc1ccc(C(=O)N2CC(=O)NCC2C(=O)O)cc1C. The maximum Gasteiger partial charge on any atom is 0.328 e. The summed E-state index contributed by atoms with van der Waals surface area (Å²) in [5, 5.41) is 11.6. The van der Waals surface area contributed by atoms with Crippen LogP contribution >= 0.6 is 0 Å². The van der Waals surface area contributed by atoms with E-state index in [1.165, 1.54) is 0 Å². The molecular weight excluding hydrogens is 260 g/mol. The van der Waals surface area contributed by atoms with Crippen LogP contribution in [0.25, 0.3) is 0 Å². The molecule has 0 aliphatic carbocycles. The number of piperazine rings is 1. The average Bonchev–Trinajstić information content (AvgIpc) is 2.40. The van der Waals surface area contributed by atoms with Gasteiger partial charge in [-0.15, -0.1) is 0 Å². The predicted octanol–water partition coefficient (Wildman–Crippen LogP) is 0.329. The summed E-state index contributed by atoms with van der Waals surface area (Å²) in [5.41, 5.74) is 2.39. The number of aryl methyl sites for hydroxylation is 2. The van der Waals surface area contributed by atoms with Crippen LogP contribution in [0.2, 0.25) is 0 Å². The topological polar surface area (TPSA) is 86.7 Å². The highest BCUT2D eigenvalue weighted by molar-refractivity contribution is 6.00. The molecule has 0 radical (unpaired) electrons. The molecule has 1 fully saturated rings. The Morgan fingerprint density at radius 3 is 2.60 bits per heavy atom. The Balaban J connectivity index is 2.31. The Bertz CT molecular complexity index is 583. The third kappa shape index (κ3) is 2.64. The first-order valence-corrected chi connectivity index (χ1v) is 6.28. The Kier molecular flexibility index (Phi) is 3.74. The second-order valence-electron chi connectivity index (χ2n) is 4.89. The fraction of sp³-hybridized carbons (Fsp3) is 0.357. The number of carbonyl (C=O) groups is 3. The molecule has 1 heterocycles. The van der Waals surface area contributed by atoms with Crippen molar-refractivity contribution in [2.24, 2.45) is 0 Å². The molecule has 1 saturated heterocycles. The number of amides is 2. The van der Waals surface area contributed by atoms with Crippen molar-refractivity contribution in [2.75, 3.05) is 13.1 Å². The third-order valence-electron chi connectivity index (χ3n) is 3.48. The van der Waals surface area contributed by atoms with Crippen molar-refractivity contribution in [3.63, 3.8) is 0 Å². The van der Waals surface area contributed by atoms with Gasteiger partial charge in [-0.1, -0.05) is 6.07 Å². The maximum absolute atomic E-state index is 12.4. The Morgan fingerprint density at radius 2 is 2.00 bits per heavy atom. The van der Waals surface area contributed by atoms with Crippen LogP contribution in [-0.4, -0.2) is 46.9 Å². The summed E-state index contributed by atoms with van der Waals surface area (Å²) in [6.45, 7) is 3.51. The Hall–Kier alpha value is -2.37. The van der Waals surface area contributed by atoms with Crippen LogP contribution in [-0.2, 0) is 9.59 Å². The van der Waals surface area contributed by atoms with Crippen molar-refractivity contribution in [2.45, 2.75) is 19.9 Å². The van der Waals surface area contributed by atoms with Crippen LogP contribution in [0.4, 0.5) is 0 Å². The summed E-state index contributed by atoms with van der Waals surface area (Å²) < 4.78 is 0. The average molecular weight is 276 g/mol. The molecular formula is C14H16N2O4. The van der Waals surface area contributed by atoms with Crippen molar-refractivity contribution >= 4 is 17.8 Å². The zero-order valence-electron chi connectivity index (χ0n) is 11.3.